The summed E-state index contributed by atoms with van der Waals surface area (Å²) >= 11 is 0. The van der Waals surface area contributed by atoms with E-state index in [2.05, 4.69) is 48.1 Å². The maximum absolute atomic E-state index is 10.5. The molecule has 134 valence electrons. The standard InChI is InChI=1S/C18H34O4Si/c1-9-12(2)16-13(19)10-14-15(21-16)11-20-23(22-14,17(3,4)5)18(6,7)8/h9,12-16,19H,1,10-11H2,2-8H3/t12-,13-,14+,15?,16-/m0/s1. The fraction of sp³-hybridized carbons (Fsp3) is 0.889. The largest absolute Gasteiger partial charge is 0.391 e. The van der Waals surface area contributed by atoms with E-state index in [0.717, 1.165) is 0 Å². The maximum Gasteiger partial charge on any atom is 0.349 e. The average Bonchev–Trinajstić information content (AvgIpc) is 2.42. The zero-order valence-electron chi connectivity index (χ0n) is 15.8. The van der Waals surface area contributed by atoms with Gasteiger partial charge in [-0.15, -0.1) is 6.58 Å². The van der Waals surface area contributed by atoms with E-state index in [4.69, 9.17) is 13.6 Å². The quantitative estimate of drug-likeness (QED) is 0.613. The summed E-state index contributed by atoms with van der Waals surface area (Å²) in [5.74, 6) is 0.111. The zero-order chi connectivity index (χ0) is 17.6. The summed E-state index contributed by atoms with van der Waals surface area (Å²) in [6.07, 6.45) is 1.52. The van der Waals surface area contributed by atoms with Gasteiger partial charge in [-0.25, -0.2) is 0 Å². The summed E-state index contributed by atoms with van der Waals surface area (Å²) in [5, 5.41) is 10.4. The van der Waals surface area contributed by atoms with Crippen molar-refractivity contribution in [3.63, 3.8) is 0 Å². The Balaban J connectivity index is 2.23. The molecule has 5 heteroatoms. The summed E-state index contributed by atoms with van der Waals surface area (Å²) in [6, 6.07) is 0. The zero-order valence-corrected chi connectivity index (χ0v) is 16.8. The minimum atomic E-state index is -2.49. The Morgan fingerprint density at radius 2 is 1.70 bits per heavy atom. The van der Waals surface area contributed by atoms with Crippen LogP contribution in [0, 0.1) is 5.92 Å². The van der Waals surface area contributed by atoms with Gasteiger partial charge in [0.05, 0.1) is 24.9 Å². The van der Waals surface area contributed by atoms with E-state index in [0.29, 0.717) is 13.0 Å². The summed E-state index contributed by atoms with van der Waals surface area (Å²) in [7, 11) is -2.49. The van der Waals surface area contributed by atoms with E-state index in [9.17, 15) is 5.11 Å². The monoisotopic (exact) mass is 342 g/mol. The van der Waals surface area contributed by atoms with Crippen molar-refractivity contribution >= 4 is 8.56 Å². The van der Waals surface area contributed by atoms with Crippen molar-refractivity contribution in [3.05, 3.63) is 12.7 Å². The predicted octanol–water partition coefficient (Wildman–Crippen LogP) is 3.78. The number of fused-ring (bicyclic) bond motifs is 1. The van der Waals surface area contributed by atoms with Crippen LogP contribution in [0.2, 0.25) is 10.1 Å². The molecular formula is C18H34O4Si. The Bertz CT molecular complexity index is 423. The van der Waals surface area contributed by atoms with E-state index in [1.165, 1.54) is 0 Å². The maximum atomic E-state index is 10.5. The van der Waals surface area contributed by atoms with Crippen LogP contribution in [0.25, 0.3) is 0 Å². The second-order valence-electron chi connectivity index (χ2n) is 9.12. The average molecular weight is 343 g/mol. The minimum absolute atomic E-state index is 0.0492. The third kappa shape index (κ3) is 3.31. The lowest BCUT2D eigenvalue weighted by molar-refractivity contribution is -0.206. The lowest BCUT2D eigenvalue weighted by atomic mass is 9.91. The van der Waals surface area contributed by atoms with Crippen molar-refractivity contribution in [1.82, 2.24) is 0 Å². The van der Waals surface area contributed by atoms with Gasteiger partial charge in [0.25, 0.3) is 0 Å². The van der Waals surface area contributed by atoms with Crippen LogP contribution >= 0.6 is 0 Å². The van der Waals surface area contributed by atoms with E-state index < -0.39 is 14.7 Å². The number of hydrogen-bond acceptors (Lipinski definition) is 4. The lowest BCUT2D eigenvalue weighted by Crippen LogP contribution is -2.67. The summed E-state index contributed by atoms with van der Waals surface area (Å²) in [5.41, 5.74) is 0. The topological polar surface area (TPSA) is 47.9 Å². The summed E-state index contributed by atoms with van der Waals surface area (Å²) in [6.45, 7) is 19.6. The normalized spacial score (nSPS) is 36.2. The highest BCUT2D eigenvalue weighted by Crippen LogP contribution is 2.55. The fourth-order valence-corrected chi connectivity index (χ4v) is 9.11. The number of rotatable bonds is 2. The molecule has 2 saturated heterocycles. The van der Waals surface area contributed by atoms with Crippen LogP contribution in [0.15, 0.2) is 12.7 Å². The van der Waals surface area contributed by atoms with Gasteiger partial charge in [-0.05, 0) is 0 Å². The van der Waals surface area contributed by atoms with Gasteiger partial charge in [0.1, 0.15) is 6.10 Å². The molecule has 23 heavy (non-hydrogen) atoms. The van der Waals surface area contributed by atoms with Crippen LogP contribution in [0.3, 0.4) is 0 Å². The Hall–Kier alpha value is -0.203. The van der Waals surface area contributed by atoms with Gasteiger partial charge in [0.2, 0.25) is 0 Å². The molecule has 0 aromatic rings. The molecule has 2 aliphatic rings. The van der Waals surface area contributed by atoms with Crippen LogP contribution in [-0.4, -0.2) is 44.7 Å². The van der Waals surface area contributed by atoms with Crippen molar-refractivity contribution < 1.29 is 18.7 Å². The number of aliphatic hydroxyl groups excluding tert-OH is 1. The first-order chi connectivity index (χ1) is 10.4. The molecule has 2 fully saturated rings. The third-order valence-corrected chi connectivity index (χ3v) is 10.4. The Morgan fingerprint density at radius 1 is 1.13 bits per heavy atom. The number of aliphatic hydroxyl groups is 1. The van der Waals surface area contributed by atoms with E-state index in [1.54, 1.807) is 0 Å². The Kier molecular flexibility index (Phi) is 5.21. The van der Waals surface area contributed by atoms with E-state index in [1.807, 2.05) is 13.0 Å². The van der Waals surface area contributed by atoms with Gasteiger partial charge in [-0.1, -0.05) is 54.5 Å². The second kappa shape index (κ2) is 6.26. The van der Waals surface area contributed by atoms with Crippen molar-refractivity contribution in [2.24, 2.45) is 5.92 Å². The van der Waals surface area contributed by atoms with Crippen molar-refractivity contribution in [3.8, 4) is 0 Å². The molecule has 0 aromatic carbocycles. The molecular weight excluding hydrogens is 308 g/mol. The molecule has 0 saturated carbocycles. The van der Waals surface area contributed by atoms with Crippen LogP contribution in [0.1, 0.15) is 54.9 Å². The van der Waals surface area contributed by atoms with Gasteiger partial charge >= 0.3 is 8.56 Å². The van der Waals surface area contributed by atoms with Gasteiger partial charge in [0, 0.05) is 22.4 Å². The van der Waals surface area contributed by atoms with E-state index >= 15 is 0 Å². The molecule has 1 N–H and O–H groups in total. The fourth-order valence-electron chi connectivity index (χ4n) is 4.14. The van der Waals surface area contributed by atoms with Gasteiger partial charge in [0.15, 0.2) is 0 Å². The van der Waals surface area contributed by atoms with Crippen molar-refractivity contribution in [1.29, 1.82) is 0 Å². The van der Waals surface area contributed by atoms with Crippen molar-refractivity contribution in [2.75, 3.05) is 6.61 Å². The Labute approximate surface area is 142 Å². The molecule has 1 unspecified atom stereocenters. The third-order valence-electron chi connectivity index (χ3n) is 5.23. The Morgan fingerprint density at radius 3 is 2.17 bits per heavy atom. The van der Waals surface area contributed by atoms with Gasteiger partial charge in [-0.3, -0.25) is 0 Å². The van der Waals surface area contributed by atoms with Crippen LogP contribution in [-0.2, 0) is 13.6 Å². The molecule has 0 aromatic heterocycles. The minimum Gasteiger partial charge on any atom is -0.391 e. The van der Waals surface area contributed by atoms with Gasteiger partial charge < -0.3 is 18.7 Å². The predicted molar refractivity (Wildman–Crippen MR) is 94.7 cm³/mol. The molecule has 0 bridgehead atoms. The van der Waals surface area contributed by atoms with Crippen LogP contribution in [0.4, 0.5) is 0 Å². The molecule has 2 rings (SSSR count). The first kappa shape index (κ1) is 19.1. The molecule has 2 aliphatic heterocycles. The van der Waals surface area contributed by atoms with E-state index in [-0.39, 0.29) is 34.3 Å². The highest BCUT2D eigenvalue weighted by atomic mass is 28.4. The number of ether oxygens (including phenoxy) is 1. The van der Waals surface area contributed by atoms with Crippen LogP contribution in [0.5, 0.6) is 0 Å². The van der Waals surface area contributed by atoms with Gasteiger partial charge in [-0.2, -0.15) is 0 Å². The SMILES string of the molecule is C=C[C@H](C)[C@@H]1OC2CO[Si](C(C)(C)C)(C(C)(C)C)O[C@@H]2C[C@@H]1O. The van der Waals surface area contributed by atoms with Crippen molar-refractivity contribution in [2.45, 2.75) is 89.4 Å². The molecule has 0 amide bonds. The summed E-state index contributed by atoms with van der Waals surface area (Å²) < 4.78 is 19.2. The highest BCUT2D eigenvalue weighted by Gasteiger charge is 2.62. The highest BCUT2D eigenvalue weighted by molar-refractivity contribution is 6.73. The molecule has 0 spiro atoms. The number of hydrogen-bond donors (Lipinski definition) is 1. The smallest absolute Gasteiger partial charge is 0.349 e. The lowest BCUT2D eigenvalue weighted by Gasteiger charge is -2.56. The second-order valence-corrected chi connectivity index (χ2v) is 13.9. The molecule has 4 nitrogen and oxygen atoms in total. The molecule has 0 aliphatic carbocycles. The molecule has 2 heterocycles. The van der Waals surface area contributed by atoms with Crippen LogP contribution < -0.4 is 0 Å². The molecule has 5 atom stereocenters. The first-order valence-electron chi connectivity index (χ1n) is 8.71. The molecule has 0 radical (unpaired) electrons. The summed E-state index contributed by atoms with van der Waals surface area (Å²) in [4.78, 5) is 0. The first-order valence-corrected chi connectivity index (χ1v) is 10.5.